The van der Waals surface area contributed by atoms with Crippen LogP contribution in [-0.2, 0) is 13.0 Å². The molecule has 2 aromatic rings. The van der Waals surface area contributed by atoms with Crippen LogP contribution in [0.3, 0.4) is 0 Å². The zero-order valence-corrected chi connectivity index (χ0v) is 15.1. The van der Waals surface area contributed by atoms with Crippen molar-refractivity contribution in [2.24, 2.45) is 0 Å². The van der Waals surface area contributed by atoms with Crippen molar-refractivity contribution in [3.8, 4) is 5.75 Å². The van der Waals surface area contributed by atoms with Gasteiger partial charge in [-0.05, 0) is 48.7 Å². The number of aliphatic hydroxyl groups excluding tert-OH is 1. The highest BCUT2D eigenvalue weighted by Gasteiger charge is 2.18. The second-order valence-corrected chi connectivity index (χ2v) is 6.30. The molecule has 1 aliphatic rings. The van der Waals surface area contributed by atoms with Gasteiger partial charge in [-0.2, -0.15) is 0 Å². The number of hydrogen-bond donors (Lipinski definition) is 1. The first kappa shape index (κ1) is 19.4. The Labute approximate surface area is 154 Å². The SMILES string of the molecule is CC(=O)c1ccc(OCC(O)CN2CCc3ccccc3C2)cc1.[Cl-]. The van der Waals surface area contributed by atoms with E-state index in [0.29, 0.717) is 17.9 Å². The molecular formula is C20H23ClNO3-. The molecule has 0 radical (unpaired) electrons. The van der Waals surface area contributed by atoms with Gasteiger partial charge in [-0.25, -0.2) is 0 Å². The number of nitrogens with zero attached hydrogens (tertiary/aromatic N) is 1. The number of β-amino-alcohol motifs (C(OH)–C–C–N with tert-alkyl or cyclic N) is 1. The predicted molar refractivity (Wildman–Crippen MR) is 93.4 cm³/mol. The van der Waals surface area contributed by atoms with E-state index < -0.39 is 6.10 Å². The smallest absolute Gasteiger partial charge is 0.159 e. The van der Waals surface area contributed by atoms with Crippen LogP contribution in [0.4, 0.5) is 0 Å². The Bertz CT molecular complexity index is 702. The number of benzene rings is 2. The summed E-state index contributed by atoms with van der Waals surface area (Å²) >= 11 is 0. The summed E-state index contributed by atoms with van der Waals surface area (Å²) in [5.41, 5.74) is 3.41. The van der Waals surface area contributed by atoms with Crippen LogP contribution in [0.2, 0.25) is 0 Å². The third-order valence-electron chi connectivity index (χ3n) is 4.38. The molecule has 1 N–H and O–H groups in total. The maximum absolute atomic E-state index is 11.2. The number of halogens is 1. The summed E-state index contributed by atoms with van der Waals surface area (Å²) < 4.78 is 5.63. The summed E-state index contributed by atoms with van der Waals surface area (Å²) in [5, 5.41) is 10.2. The molecule has 1 heterocycles. The number of aliphatic hydroxyl groups is 1. The Morgan fingerprint density at radius 3 is 2.52 bits per heavy atom. The molecule has 134 valence electrons. The number of fused-ring (bicyclic) bond motifs is 1. The lowest BCUT2D eigenvalue weighted by Gasteiger charge is -2.30. The maximum Gasteiger partial charge on any atom is 0.159 e. The number of rotatable bonds is 6. The average molecular weight is 361 g/mol. The van der Waals surface area contributed by atoms with E-state index in [1.165, 1.54) is 18.1 Å². The van der Waals surface area contributed by atoms with Gasteiger partial charge in [0.1, 0.15) is 18.5 Å². The summed E-state index contributed by atoms with van der Waals surface area (Å²) in [6, 6.07) is 15.5. The van der Waals surface area contributed by atoms with Gasteiger partial charge in [0.05, 0.1) is 0 Å². The van der Waals surface area contributed by atoms with Crippen molar-refractivity contribution in [1.82, 2.24) is 4.90 Å². The fraction of sp³-hybridized carbons (Fsp3) is 0.350. The summed E-state index contributed by atoms with van der Waals surface area (Å²) in [7, 11) is 0. The highest BCUT2D eigenvalue weighted by atomic mass is 35.5. The fourth-order valence-corrected chi connectivity index (χ4v) is 3.04. The standard InChI is InChI=1S/C20H23NO3.ClH/c1-15(22)16-6-8-20(9-7-16)24-14-19(23)13-21-11-10-17-4-2-3-5-18(17)12-21;/h2-9,19,23H,10-14H2,1H3;1H/p-1. The van der Waals surface area contributed by atoms with Crippen molar-refractivity contribution < 1.29 is 27.0 Å². The van der Waals surface area contributed by atoms with Crippen molar-refractivity contribution in [2.45, 2.75) is 26.0 Å². The Balaban J connectivity index is 0.00000225. The van der Waals surface area contributed by atoms with Gasteiger partial charge in [0.15, 0.2) is 5.78 Å². The van der Waals surface area contributed by atoms with Gasteiger partial charge in [-0.1, -0.05) is 24.3 Å². The third kappa shape index (κ3) is 5.30. The first-order valence-electron chi connectivity index (χ1n) is 8.33. The summed E-state index contributed by atoms with van der Waals surface area (Å²) in [6.45, 7) is 4.22. The van der Waals surface area contributed by atoms with Gasteiger partial charge < -0.3 is 22.3 Å². The molecular weight excluding hydrogens is 338 g/mol. The normalized spacial score (nSPS) is 15.0. The van der Waals surface area contributed by atoms with Crippen LogP contribution in [0, 0.1) is 0 Å². The molecule has 0 aliphatic carbocycles. The number of ketones is 1. The van der Waals surface area contributed by atoms with Crippen LogP contribution in [0.15, 0.2) is 48.5 Å². The highest BCUT2D eigenvalue weighted by molar-refractivity contribution is 5.94. The second-order valence-electron chi connectivity index (χ2n) is 6.30. The van der Waals surface area contributed by atoms with Crippen LogP contribution in [-0.4, -0.2) is 41.6 Å². The molecule has 3 rings (SSSR count). The first-order chi connectivity index (χ1) is 11.6. The molecule has 0 aromatic heterocycles. The zero-order chi connectivity index (χ0) is 16.9. The summed E-state index contributed by atoms with van der Waals surface area (Å²) in [6.07, 6.45) is 0.485. The Morgan fingerprint density at radius 2 is 1.84 bits per heavy atom. The monoisotopic (exact) mass is 360 g/mol. The van der Waals surface area contributed by atoms with Crippen LogP contribution < -0.4 is 17.1 Å². The molecule has 1 unspecified atom stereocenters. The van der Waals surface area contributed by atoms with E-state index in [4.69, 9.17) is 4.74 Å². The molecule has 0 saturated carbocycles. The Hall–Kier alpha value is -1.88. The van der Waals surface area contributed by atoms with E-state index in [-0.39, 0.29) is 24.8 Å². The van der Waals surface area contributed by atoms with Gasteiger partial charge in [-0.3, -0.25) is 9.69 Å². The van der Waals surface area contributed by atoms with Crippen molar-refractivity contribution >= 4 is 5.78 Å². The first-order valence-corrected chi connectivity index (χ1v) is 8.33. The Morgan fingerprint density at radius 1 is 1.16 bits per heavy atom. The van der Waals surface area contributed by atoms with Crippen LogP contribution in [0.1, 0.15) is 28.4 Å². The number of carbonyl (C=O) groups excluding carboxylic acids is 1. The quantitative estimate of drug-likeness (QED) is 0.718. The molecule has 1 aliphatic heterocycles. The average Bonchev–Trinajstić information content (AvgIpc) is 2.60. The lowest BCUT2D eigenvalue weighted by atomic mass is 10.00. The molecule has 4 nitrogen and oxygen atoms in total. The highest BCUT2D eigenvalue weighted by Crippen LogP contribution is 2.19. The van der Waals surface area contributed by atoms with E-state index in [1.54, 1.807) is 24.3 Å². The lowest BCUT2D eigenvalue weighted by Crippen LogP contribution is -3.00. The minimum absolute atomic E-state index is 0. The van der Waals surface area contributed by atoms with Gasteiger partial charge in [-0.15, -0.1) is 0 Å². The fourth-order valence-electron chi connectivity index (χ4n) is 3.04. The van der Waals surface area contributed by atoms with E-state index in [1.807, 2.05) is 0 Å². The number of Topliss-reactive ketones (excluding diaryl/α,β-unsaturated/α-hetero) is 1. The molecule has 0 fully saturated rings. The van der Waals surface area contributed by atoms with Crippen molar-refractivity contribution in [3.05, 3.63) is 65.2 Å². The number of hydrogen-bond acceptors (Lipinski definition) is 4. The molecule has 0 bridgehead atoms. The predicted octanol–water partition coefficient (Wildman–Crippen LogP) is -0.309. The van der Waals surface area contributed by atoms with Gasteiger partial charge in [0.25, 0.3) is 0 Å². The van der Waals surface area contributed by atoms with E-state index >= 15 is 0 Å². The molecule has 0 spiro atoms. The molecule has 0 saturated heterocycles. The molecule has 5 heteroatoms. The minimum Gasteiger partial charge on any atom is -1.00 e. The molecule has 2 aromatic carbocycles. The number of carbonyl (C=O) groups is 1. The van der Waals surface area contributed by atoms with E-state index in [9.17, 15) is 9.90 Å². The second kappa shape index (κ2) is 8.99. The topological polar surface area (TPSA) is 49.8 Å². The van der Waals surface area contributed by atoms with Gasteiger partial charge in [0.2, 0.25) is 0 Å². The molecule has 25 heavy (non-hydrogen) atoms. The molecule has 1 atom stereocenters. The third-order valence-corrected chi connectivity index (χ3v) is 4.38. The van der Waals surface area contributed by atoms with Gasteiger partial charge in [0, 0.05) is 25.2 Å². The summed E-state index contributed by atoms with van der Waals surface area (Å²) in [4.78, 5) is 13.5. The van der Waals surface area contributed by atoms with Crippen LogP contribution in [0.25, 0.3) is 0 Å². The summed E-state index contributed by atoms with van der Waals surface area (Å²) in [5.74, 6) is 0.704. The molecule has 0 amide bonds. The van der Waals surface area contributed by atoms with Crippen LogP contribution in [0.5, 0.6) is 5.75 Å². The van der Waals surface area contributed by atoms with Crippen LogP contribution >= 0.6 is 0 Å². The largest absolute Gasteiger partial charge is 1.00 e. The minimum atomic E-state index is -0.539. The van der Waals surface area contributed by atoms with E-state index in [2.05, 4.69) is 29.2 Å². The van der Waals surface area contributed by atoms with E-state index in [0.717, 1.165) is 19.5 Å². The number of ether oxygens (including phenoxy) is 1. The maximum atomic E-state index is 11.2. The van der Waals surface area contributed by atoms with Crippen molar-refractivity contribution in [3.63, 3.8) is 0 Å². The van der Waals surface area contributed by atoms with Crippen molar-refractivity contribution in [2.75, 3.05) is 19.7 Å². The van der Waals surface area contributed by atoms with Crippen molar-refractivity contribution in [1.29, 1.82) is 0 Å². The Kier molecular flexibility index (Phi) is 7.00. The van der Waals surface area contributed by atoms with Gasteiger partial charge >= 0.3 is 0 Å². The zero-order valence-electron chi connectivity index (χ0n) is 14.3. The lowest BCUT2D eigenvalue weighted by molar-refractivity contribution is -0.0000153.